The second-order valence-corrected chi connectivity index (χ2v) is 25.1. The predicted octanol–water partition coefficient (Wildman–Crippen LogP) is -26.9. The van der Waals surface area contributed by atoms with Crippen LogP contribution in [0.2, 0.25) is 0 Å². The summed E-state index contributed by atoms with van der Waals surface area (Å²) in [6, 6.07) is 0. The van der Waals surface area contributed by atoms with Crippen molar-refractivity contribution < 1.29 is 232 Å². The minimum Gasteiger partial charge on any atom is -0.367 e. The Morgan fingerprint density at radius 1 is 0.241 bits per heavy atom. The summed E-state index contributed by atoms with van der Waals surface area (Å²) in [6.07, 6.45) is 0. The van der Waals surface area contributed by atoms with E-state index in [2.05, 4.69) is 81.0 Å². The van der Waals surface area contributed by atoms with Gasteiger partial charge >= 0.3 is 20.1 Å². The molecule has 0 N–H and O–H groups in total. The molecule has 4 atom stereocenters. The fourth-order valence-electron chi connectivity index (χ4n) is 1.06. The molecule has 0 spiro atoms. The first kappa shape index (κ1) is 84.6. The molecule has 30 nitrogen and oxygen atoms in total. The molecule has 0 aromatic carbocycles. The van der Waals surface area contributed by atoms with Crippen LogP contribution < -0.4 is 130 Å². The fraction of sp³-hybridized carbons (Fsp3) is 1.00. The van der Waals surface area contributed by atoms with Crippen molar-refractivity contribution in [2.24, 2.45) is 0 Å². The molecule has 58 heavy (non-hydrogen) atoms. The average molecular weight is 1180 g/mol. The van der Waals surface area contributed by atoms with Crippen LogP contribution in [0.1, 0.15) is 27.7 Å². The first-order chi connectivity index (χ1) is 23.9. The summed E-state index contributed by atoms with van der Waals surface area (Å²) in [5.74, 6) is 1.85. The summed E-state index contributed by atoms with van der Waals surface area (Å²) in [4.78, 5) is 0. The summed E-state index contributed by atoms with van der Waals surface area (Å²) in [7, 11) is -34.3. The summed E-state index contributed by atoms with van der Waals surface area (Å²) in [5.41, 5.74) is 0. The standard InChI is InChI=1S/2C8H20OP2.7ClHO4.Tc/c2*1-7(10(3)4)9-8(2)11(5)6;7*2-1(3,4)5;/h2*7-8H,1-6H3;7*(H,2,3,4,5);/q;;;;;;;;;+7/p-7. The van der Waals surface area contributed by atoms with Crippen LogP contribution in [-0.4, -0.2) is 76.7 Å². The van der Waals surface area contributed by atoms with Gasteiger partial charge in [0.2, 0.25) is 0 Å². The molecular formula is C16H40Cl7O30P4Tc. The van der Waals surface area contributed by atoms with Crippen LogP contribution in [0.4, 0.5) is 0 Å². The molecule has 360 valence electrons. The van der Waals surface area contributed by atoms with Gasteiger partial charge in [0, 0.05) is 0 Å². The van der Waals surface area contributed by atoms with Gasteiger partial charge < -0.3 is 9.47 Å². The molecule has 0 saturated heterocycles. The zero-order valence-corrected chi connectivity index (χ0v) is 42.1. The minimum absolute atomic E-state index is 0. The maximum Gasteiger partial charge on any atom is 7.00 e. The molecule has 0 radical (unpaired) electrons. The third-order valence-electron chi connectivity index (χ3n) is 3.70. The van der Waals surface area contributed by atoms with Crippen LogP contribution >= 0.6 is 31.7 Å². The van der Waals surface area contributed by atoms with Crippen molar-refractivity contribution in [2.75, 3.05) is 53.3 Å². The van der Waals surface area contributed by atoms with Gasteiger partial charge in [-0.3, -0.25) is 0 Å². The summed E-state index contributed by atoms with van der Waals surface area (Å²) < 4.78 is 249. The zero-order valence-electron chi connectivity index (χ0n) is 31.4. The van der Waals surface area contributed by atoms with Gasteiger partial charge in [-0.05, 0) is 81.0 Å². The molecular weight excluding hydrogens is 1140 g/mol. The topological polar surface area (TPSA) is 664 Å². The van der Waals surface area contributed by atoms with Gasteiger partial charge in [0.1, 0.15) is 0 Å². The van der Waals surface area contributed by atoms with Crippen LogP contribution in [0.25, 0.3) is 0 Å². The third-order valence-corrected chi connectivity index (χ3v) is 10.0. The van der Waals surface area contributed by atoms with E-state index in [0.29, 0.717) is 23.4 Å². The fourth-order valence-corrected chi connectivity index (χ4v) is 2.95. The Morgan fingerprint density at radius 2 is 0.293 bits per heavy atom. The third kappa shape index (κ3) is 271. The number of halogens is 7. The van der Waals surface area contributed by atoms with Crippen molar-refractivity contribution in [3.05, 3.63) is 0 Å². The number of hydrogen-bond donors (Lipinski definition) is 0. The molecule has 0 bridgehead atoms. The Kier molecular flexibility index (Phi) is 60.7. The predicted molar refractivity (Wildman–Crippen MR) is 115 cm³/mol. The van der Waals surface area contributed by atoms with Crippen molar-refractivity contribution in [1.29, 1.82) is 0 Å². The van der Waals surface area contributed by atoms with E-state index in [1.807, 2.05) is 0 Å². The largest absolute Gasteiger partial charge is 7.00 e. The van der Waals surface area contributed by atoms with Crippen LogP contribution in [0.15, 0.2) is 0 Å². The minimum atomic E-state index is -4.94. The Morgan fingerprint density at radius 3 is 0.328 bits per heavy atom. The summed E-state index contributed by atoms with van der Waals surface area (Å²) in [6.45, 7) is 26.8. The van der Waals surface area contributed by atoms with Crippen LogP contribution in [-0.2, 0) is 29.6 Å². The van der Waals surface area contributed by atoms with Crippen LogP contribution in [0.5, 0.6) is 0 Å². The van der Waals surface area contributed by atoms with E-state index in [-0.39, 0.29) is 51.8 Å². The summed E-state index contributed by atoms with van der Waals surface area (Å²) in [5, 5.41) is 0. The maximum absolute atomic E-state index is 8.49. The second kappa shape index (κ2) is 41.6. The van der Waals surface area contributed by atoms with E-state index in [0.717, 1.165) is 0 Å². The Hall–Kier alpha value is 3.20. The van der Waals surface area contributed by atoms with E-state index in [4.69, 9.17) is 140 Å². The molecule has 0 heterocycles. The van der Waals surface area contributed by atoms with E-state index < -0.39 is 71.7 Å². The monoisotopic (exact) mass is 1180 g/mol. The molecule has 4 unspecified atom stereocenters. The molecule has 0 rings (SSSR count). The normalized spacial score (nSPS) is 13.9. The van der Waals surface area contributed by atoms with Crippen molar-refractivity contribution in [3.63, 3.8) is 0 Å². The van der Waals surface area contributed by atoms with Crippen molar-refractivity contribution in [2.45, 2.75) is 51.1 Å². The first-order valence-corrected chi connectivity index (χ1v) is 30.0. The Balaban J connectivity index is -0.0000000572. The van der Waals surface area contributed by atoms with Gasteiger partial charge in [-0.15, -0.1) is 71.7 Å². The van der Waals surface area contributed by atoms with E-state index in [9.17, 15) is 0 Å². The number of rotatable bonds is 8. The number of ether oxygens (including phenoxy) is 2. The van der Waals surface area contributed by atoms with Gasteiger partial charge in [-0.2, -0.15) is 0 Å². The second-order valence-electron chi connectivity index (χ2n) is 9.17. The smallest absolute Gasteiger partial charge is 0.367 e. The van der Waals surface area contributed by atoms with Gasteiger partial charge in [-0.1, -0.05) is 31.7 Å². The molecule has 0 aromatic rings. The quantitative estimate of drug-likeness (QED) is 0.204. The molecule has 42 heteroatoms. The van der Waals surface area contributed by atoms with E-state index in [1.54, 1.807) is 0 Å². The Labute approximate surface area is 365 Å². The zero-order chi connectivity index (χ0) is 49.5. The molecule has 0 aliphatic rings. The van der Waals surface area contributed by atoms with Crippen molar-refractivity contribution in [3.8, 4) is 0 Å². The van der Waals surface area contributed by atoms with Gasteiger partial charge in [0.25, 0.3) is 0 Å². The molecule has 0 aliphatic carbocycles. The number of hydrogen-bond acceptors (Lipinski definition) is 30. The first-order valence-electron chi connectivity index (χ1n) is 12.2. The maximum atomic E-state index is 8.49. The molecule has 0 fully saturated rings. The van der Waals surface area contributed by atoms with Crippen LogP contribution in [0, 0.1) is 71.7 Å². The molecule has 0 amide bonds. The Bertz CT molecular complexity index is 644. The van der Waals surface area contributed by atoms with E-state index in [1.165, 1.54) is 0 Å². The van der Waals surface area contributed by atoms with Gasteiger partial charge in [0.05, 0.1) is 23.4 Å². The SMILES string of the molecule is CC(OC(C)P(C)C)P(C)C.CC(OC(C)P(C)C)P(C)C.[O-][Cl+3]([O-])([O-])[O-].[O-][Cl+3]([O-])([O-])[O-].[O-][Cl+3]([O-])([O-])[O-].[O-][Cl+3]([O-])([O-])[O-].[O-][Cl+3]([O-])([O-])[O-].[O-][Cl+3]([O-])([O-])[O-].[O-][Cl+3]([O-])([O-])[O-].[Tc+7]. The average Bonchev–Trinajstić information content (AvgIpc) is 2.76. The van der Waals surface area contributed by atoms with Crippen LogP contribution in [0.3, 0.4) is 0 Å². The molecule has 0 aromatic heterocycles. The molecule has 0 aliphatic heterocycles. The van der Waals surface area contributed by atoms with Crippen molar-refractivity contribution >= 4 is 31.7 Å². The van der Waals surface area contributed by atoms with E-state index >= 15 is 0 Å². The molecule has 0 saturated carbocycles. The van der Waals surface area contributed by atoms with Crippen molar-refractivity contribution in [1.82, 2.24) is 0 Å². The summed E-state index contributed by atoms with van der Waals surface area (Å²) >= 11 is 0. The van der Waals surface area contributed by atoms with Gasteiger partial charge in [0.15, 0.2) is 0 Å². The van der Waals surface area contributed by atoms with Gasteiger partial charge in [-0.25, -0.2) is 130 Å².